The predicted octanol–water partition coefficient (Wildman–Crippen LogP) is 2.93. The molecule has 0 radical (unpaired) electrons. The van der Waals surface area contributed by atoms with Crippen LogP contribution in [-0.2, 0) is 13.0 Å². The second-order valence-electron chi connectivity index (χ2n) is 4.54. The first-order valence-electron chi connectivity index (χ1n) is 6.68. The molecule has 2 rings (SSSR count). The van der Waals surface area contributed by atoms with Crippen LogP contribution in [0.25, 0.3) is 0 Å². The lowest BCUT2D eigenvalue weighted by atomic mass is 10.2. The van der Waals surface area contributed by atoms with Gasteiger partial charge < -0.3 is 10.2 Å². The van der Waals surface area contributed by atoms with Gasteiger partial charge in [0, 0.05) is 36.9 Å². The van der Waals surface area contributed by atoms with E-state index in [1.54, 1.807) is 0 Å². The van der Waals surface area contributed by atoms with Gasteiger partial charge in [-0.15, -0.1) is 11.3 Å². The highest BCUT2D eigenvalue weighted by atomic mass is 32.1. The van der Waals surface area contributed by atoms with Gasteiger partial charge in [-0.2, -0.15) is 0 Å². The zero-order chi connectivity index (χ0) is 13.5. The van der Waals surface area contributed by atoms with Crippen molar-refractivity contribution in [2.45, 2.75) is 19.9 Å². The standard InChI is InChI=1S/C15H21N3S/c1-3-16-12-13-11-14(6-8-17-13)18(2)9-7-15-5-4-10-19-15/h4-6,8,10-11,16H,3,7,9,12H2,1-2H3. The monoisotopic (exact) mass is 275 g/mol. The molecule has 0 atom stereocenters. The quantitative estimate of drug-likeness (QED) is 0.842. The predicted molar refractivity (Wildman–Crippen MR) is 82.9 cm³/mol. The van der Waals surface area contributed by atoms with E-state index < -0.39 is 0 Å². The molecule has 0 spiro atoms. The summed E-state index contributed by atoms with van der Waals surface area (Å²) in [5.41, 5.74) is 2.33. The van der Waals surface area contributed by atoms with Crippen molar-refractivity contribution in [2.24, 2.45) is 0 Å². The van der Waals surface area contributed by atoms with Crippen molar-refractivity contribution in [3.05, 3.63) is 46.4 Å². The van der Waals surface area contributed by atoms with Crippen molar-refractivity contribution in [1.82, 2.24) is 10.3 Å². The zero-order valence-corrected chi connectivity index (χ0v) is 12.4. The van der Waals surface area contributed by atoms with E-state index in [9.17, 15) is 0 Å². The molecule has 102 valence electrons. The third-order valence-electron chi connectivity index (χ3n) is 3.07. The molecule has 4 heteroatoms. The van der Waals surface area contributed by atoms with Crippen molar-refractivity contribution in [1.29, 1.82) is 0 Å². The number of hydrogen-bond acceptors (Lipinski definition) is 4. The Morgan fingerprint density at radius 2 is 2.26 bits per heavy atom. The van der Waals surface area contributed by atoms with Crippen LogP contribution < -0.4 is 10.2 Å². The first-order valence-corrected chi connectivity index (χ1v) is 7.56. The highest BCUT2D eigenvalue weighted by Gasteiger charge is 2.03. The zero-order valence-electron chi connectivity index (χ0n) is 11.6. The van der Waals surface area contributed by atoms with Crippen LogP contribution in [0.2, 0.25) is 0 Å². The molecule has 0 bridgehead atoms. The van der Waals surface area contributed by atoms with E-state index in [-0.39, 0.29) is 0 Å². The third kappa shape index (κ3) is 4.33. The number of likely N-dealkylation sites (N-methyl/N-ethyl adjacent to an activating group) is 1. The minimum absolute atomic E-state index is 0.836. The van der Waals surface area contributed by atoms with Gasteiger partial charge in [0.2, 0.25) is 0 Å². The summed E-state index contributed by atoms with van der Waals surface area (Å²) < 4.78 is 0. The molecule has 3 nitrogen and oxygen atoms in total. The fourth-order valence-corrected chi connectivity index (χ4v) is 2.61. The third-order valence-corrected chi connectivity index (χ3v) is 4.01. The first kappa shape index (κ1) is 14.0. The Balaban J connectivity index is 1.92. The van der Waals surface area contributed by atoms with Gasteiger partial charge in [0.15, 0.2) is 0 Å². The van der Waals surface area contributed by atoms with Crippen LogP contribution >= 0.6 is 11.3 Å². The molecule has 0 amide bonds. The number of thiophene rings is 1. The smallest absolute Gasteiger partial charge is 0.0562 e. The van der Waals surface area contributed by atoms with Gasteiger partial charge in [0.05, 0.1) is 5.69 Å². The van der Waals surface area contributed by atoms with Crippen LogP contribution in [-0.4, -0.2) is 25.1 Å². The molecule has 2 heterocycles. The number of anilines is 1. The summed E-state index contributed by atoms with van der Waals surface area (Å²) in [6.07, 6.45) is 2.99. The summed E-state index contributed by atoms with van der Waals surface area (Å²) in [6, 6.07) is 8.55. The molecular weight excluding hydrogens is 254 g/mol. The highest BCUT2D eigenvalue weighted by molar-refractivity contribution is 7.09. The summed E-state index contributed by atoms with van der Waals surface area (Å²) >= 11 is 1.83. The Morgan fingerprint density at radius 1 is 1.37 bits per heavy atom. The summed E-state index contributed by atoms with van der Waals surface area (Å²) in [7, 11) is 2.14. The van der Waals surface area contributed by atoms with E-state index in [1.165, 1.54) is 10.6 Å². The largest absolute Gasteiger partial charge is 0.374 e. The van der Waals surface area contributed by atoms with E-state index >= 15 is 0 Å². The van der Waals surface area contributed by atoms with Crippen LogP contribution in [0.4, 0.5) is 5.69 Å². The molecule has 0 saturated heterocycles. The lowest BCUT2D eigenvalue weighted by Crippen LogP contribution is -2.21. The topological polar surface area (TPSA) is 28.2 Å². The number of pyridine rings is 1. The fourth-order valence-electron chi connectivity index (χ4n) is 1.91. The van der Waals surface area contributed by atoms with Gasteiger partial charge >= 0.3 is 0 Å². The van der Waals surface area contributed by atoms with Crippen molar-refractivity contribution in [2.75, 3.05) is 25.0 Å². The number of rotatable bonds is 7. The van der Waals surface area contributed by atoms with Crippen molar-refractivity contribution in [3.63, 3.8) is 0 Å². The normalized spacial score (nSPS) is 10.6. The minimum atomic E-state index is 0.836. The number of aromatic nitrogens is 1. The van der Waals surface area contributed by atoms with E-state index in [0.717, 1.165) is 31.7 Å². The van der Waals surface area contributed by atoms with Crippen LogP contribution in [0.15, 0.2) is 35.8 Å². The van der Waals surface area contributed by atoms with Crippen molar-refractivity contribution >= 4 is 17.0 Å². The Hall–Kier alpha value is -1.39. The molecule has 0 unspecified atom stereocenters. The van der Waals surface area contributed by atoms with Gasteiger partial charge in [-0.05, 0) is 36.5 Å². The summed E-state index contributed by atoms with van der Waals surface area (Å²) in [5, 5.41) is 5.44. The molecule has 0 aliphatic heterocycles. The second kappa shape index (κ2) is 7.26. The second-order valence-corrected chi connectivity index (χ2v) is 5.57. The number of nitrogens with one attached hydrogen (secondary N) is 1. The molecule has 0 aromatic carbocycles. The lowest BCUT2D eigenvalue weighted by molar-refractivity contribution is 0.710. The lowest BCUT2D eigenvalue weighted by Gasteiger charge is -2.19. The molecule has 19 heavy (non-hydrogen) atoms. The number of nitrogens with zero attached hydrogens (tertiary/aromatic N) is 2. The Labute approximate surface area is 119 Å². The maximum Gasteiger partial charge on any atom is 0.0562 e. The van der Waals surface area contributed by atoms with E-state index in [0.29, 0.717) is 0 Å². The first-order chi connectivity index (χ1) is 9.29. The summed E-state index contributed by atoms with van der Waals surface area (Å²) in [6.45, 7) is 4.95. The minimum Gasteiger partial charge on any atom is -0.374 e. The van der Waals surface area contributed by atoms with E-state index in [2.05, 4.69) is 58.8 Å². The highest BCUT2D eigenvalue weighted by Crippen LogP contribution is 2.15. The maximum absolute atomic E-state index is 4.38. The summed E-state index contributed by atoms with van der Waals surface area (Å²) in [5.74, 6) is 0. The Bertz CT molecular complexity index is 482. The molecule has 2 aromatic heterocycles. The fraction of sp³-hybridized carbons (Fsp3) is 0.400. The molecule has 0 aliphatic carbocycles. The maximum atomic E-state index is 4.38. The Kier molecular flexibility index (Phi) is 5.36. The molecule has 1 N–H and O–H groups in total. The van der Waals surface area contributed by atoms with Crippen LogP contribution in [0.3, 0.4) is 0 Å². The van der Waals surface area contributed by atoms with E-state index in [4.69, 9.17) is 0 Å². The number of hydrogen-bond donors (Lipinski definition) is 1. The van der Waals surface area contributed by atoms with Gasteiger partial charge in [-0.1, -0.05) is 13.0 Å². The van der Waals surface area contributed by atoms with Gasteiger partial charge in [0.25, 0.3) is 0 Å². The SMILES string of the molecule is CCNCc1cc(N(C)CCc2cccs2)ccn1. The van der Waals surface area contributed by atoms with Crippen molar-refractivity contribution < 1.29 is 0 Å². The van der Waals surface area contributed by atoms with Gasteiger partial charge in [-0.3, -0.25) is 4.98 Å². The van der Waals surface area contributed by atoms with Crippen LogP contribution in [0.1, 0.15) is 17.5 Å². The molecule has 0 fully saturated rings. The van der Waals surface area contributed by atoms with Gasteiger partial charge in [-0.25, -0.2) is 0 Å². The average molecular weight is 275 g/mol. The van der Waals surface area contributed by atoms with Crippen LogP contribution in [0, 0.1) is 0 Å². The molecule has 2 aromatic rings. The van der Waals surface area contributed by atoms with E-state index in [1.807, 2.05) is 17.5 Å². The average Bonchev–Trinajstić information content (AvgIpc) is 2.96. The molecular formula is C15H21N3S. The van der Waals surface area contributed by atoms with Gasteiger partial charge in [0.1, 0.15) is 0 Å². The molecule has 0 aliphatic rings. The summed E-state index contributed by atoms with van der Waals surface area (Å²) in [4.78, 5) is 8.11. The Morgan fingerprint density at radius 3 is 3.00 bits per heavy atom. The van der Waals surface area contributed by atoms with Crippen molar-refractivity contribution in [3.8, 4) is 0 Å². The molecule has 0 saturated carbocycles. The van der Waals surface area contributed by atoms with Crippen LogP contribution in [0.5, 0.6) is 0 Å².